The van der Waals surface area contributed by atoms with E-state index in [1.54, 1.807) is 24.3 Å². The van der Waals surface area contributed by atoms with Gasteiger partial charge in [-0.1, -0.05) is 18.2 Å². The van der Waals surface area contributed by atoms with Crippen molar-refractivity contribution in [2.45, 2.75) is 43.4 Å². The van der Waals surface area contributed by atoms with Crippen molar-refractivity contribution in [3.63, 3.8) is 0 Å². The average molecular weight is 456 g/mol. The Bertz CT molecular complexity index is 1290. The molecular weight excluding hydrogens is 432 g/mol. The highest BCUT2D eigenvalue weighted by Crippen LogP contribution is 2.62. The summed E-state index contributed by atoms with van der Waals surface area (Å²) < 4.78 is 18.1. The van der Waals surface area contributed by atoms with Crippen LogP contribution in [0.15, 0.2) is 48.6 Å². The Morgan fingerprint density at radius 2 is 2.09 bits per heavy atom. The highest BCUT2D eigenvalue weighted by atomic mass is 16.6. The second kappa shape index (κ2) is 7.44. The summed E-state index contributed by atoms with van der Waals surface area (Å²) in [7, 11) is 2.16. The number of esters is 2. The summed E-state index contributed by atoms with van der Waals surface area (Å²) in [5, 5.41) is 9.18. The maximum Gasteiger partial charge on any atom is 0.338 e. The number of rotatable bonds is 3. The summed E-state index contributed by atoms with van der Waals surface area (Å²) in [6.45, 7) is 2.28. The van der Waals surface area contributed by atoms with Gasteiger partial charge in [0.1, 0.15) is 6.10 Å². The van der Waals surface area contributed by atoms with Crippen LogP contribution in [0.3, 0.4) is 0 Å². The van der Waals surface area contributed by atoms with Crippen molar-refractivity contribution in [1.82, 2.24) is 4.90 Å². The number of benzene rings is 2. The second-order valence-corrected chi connectivity index (χ2v) is 9.57. The van der Waals surface area contributed by atoms with Crippen molar-refractivity contribution in [3.8, 4) is 17.6 Å². The number of nitrogens with zero attached hydrogens (tertiary/aromatic N) is 2. The maximum atomic E-state index is 13.0. The van der Waals surface area contributed by atoms with Crippen LogP contribution >= 0.6 is 0 Å². The lowest BCUT2D eigenvalue weighted by Crippen LogP contribution is -2.65. The number of likely N-dealkylation sites (tertiary alicyclic amines) is 1. The minimum atomic E-state index is -0.609. The zero-order chi connectivity index (χ0) is 23.6. The third-order valence-electron chi connectivity index (χ3n) is 7.84. The number of hydrogen-bond donors (Lipinski definition) is 0. The lowest BCUT2D eigenvalue weighted by atomic mass is 9.53. The van der Waals surface area contributed by atoms with Crippen LogP contribution in [0.25, 0.3) is 0 Å². The molecule has 2 aliphatic heterocycles. The van der Waals surface area contributed by atoms with Gasteiger partial charge in [-0.3, -0.25) is 4.79 Å². The van der Waals surface area contributed by atoms with Gasteiger partial charge in [0, 0.05) is 29.9 Å². The lowest BCUT2D eigenvalue weighted by molar-refractivity contribution is -0.132. The van der Waals surface area contributed by atoms with Crippen molar-refractivity contribution in [2.75, 3.05) is 13.6 Å². The molecule has 1 spiro atoms. The third kappa shape index (κ3) is 2.85. The molecule has 0 saturated carbocycles. The van der Waals surface area contributed by atoms with Gasteiger partial charge in [0.15, 0.2) is 17.6 Å². The lowest BCUT2D eigenvalue weighted by Gasteiger charge is -2.56. The molecule has 7 heteroatoms. The molecule has 0 radical (unpaired) electrons. The smallest absolute Gasteiger partial charge is 0.338 e. The van der Waals surface area contributed by atoms with Gasteiger partial charge in [0.2, 0.25) is 0 Å². The van der Waals surface area contributed by atoms with Gasteiger partial charge >= 0.3 is 11.9 Å². The molecule has 2 aromatic rings. The standard InChI is InChI=1S/C27H24N2O5/c1-15(30)32-21-8-6-17-13-20-19-7-9-22(33-26(31)18-5-3-4-16(12-18)14-28)25-27(19,10-11-29(20)2)23(17)24(21)34-25/h3-9,12,19-20,22,25H,10-11,13H2,1-2H3/t19-,20+,22?,25?,27-/m0/s1. The van der Waals surface area contributed by atoms with Crippen molar-refractivity contribution in [2.24, 2.45) is 5.92 Å². The summed E-state index contributed by atoms with van der Waals surface area (Å²) in [6.07, 6.45) is 4.82. The summed E-state index contributed by atoms with van der Waals surface area (Å²) in [4.78, 5) is 27.2. The van der Waals surface area contributed by atoms with Gasteiger partial charge in [-0.05, 0) is 62.3 Å². The van der Waals surface area contributed by atoms with Crippen LogP contribution in [0.5, 0.6) is 11.5 Å². The number of carbonyl (C=O) groups is 2. The van der Waals surface area contributed by atoms with Crippen LogP contribution in [0.1, 0.15) is 40.4 Å². The predicted octanol–water partition coefficient (Wildman–Crippen LogP) is 3.15. The Morgan fingerprint density at radius 1 is 1.24 bits per heavy atom. The Hall–Kier alpha value is -3.63. The number of likely N-dealkylation sites (N-methyl/N-ethyl adjacent to an activating group) is 1. The van der Waals surface area contributed by atoms with Gasteiger partial charge in [-0.25, -0.2) is 4.79 Å². The van der Waals surface area contributed by atoms with E-state index in [4.69, 9.17) is 14.2 Å². The average Bonchev–Trinajstić information content (AvgIpc) is 3.18. The van der Waals surface area contributed by atoms with Crippen molar-refractivity contribution >= 4 is 11.9 Å². The van der Waals surface area contributed by atoms with Crippen LogP contribution in [-0.4, -0.2) is 48.7 Å². The van der Waals surface area contributed by atoms with E-state index in [2.05, 4.69) is 24.1 Å². The van der Waals surface area contributed by atoms with Gasteiger partial charge in [0.05, 0.1) is 17.2 Å². The van der Waals surface area contributed by atoms with E-state index in [0.29, 0.717) is 28.7 Å². The third-order valence-corrected chi connectivity index (χ3v) is 7.84. The molecule has 1 fully saturated rings. The molecule has 172 valence electrons. The number of ether oxygens (including phenoxy) is 3. The Morgan fingerprint density at radius 3 is 2.88 bits per heavy atom. The summed E-state index contributed by atoms with van der Waals surface area (Å²) in [6, 6.07) is 12.7. The first-order chi connectivity index (χ1) is 16.4. The molecule has 7 nitrogen and oxygen atoms in total. The monoisotopic (exact) mass is 456 g/mol. The first-order valence-electron chi connectivity index (χ1n) is 11.5. The zero-order valence-electron chi connectivity index (χ0n) is 19.0. The Kier molecular flexibility index (Phi) is 4.58. The summed E-state index contributed by atoms with van der Waals surface area (Å²) in [5.74, 6) is 0.315. The minimum Gasteiger partial charge on any atom is -0.481 e. The largest absolute Gasteiger partial charge is 0.481 e. The molecule has 34 heavy (non-hydrogen) atoms. The van der Waals surface area contributed by atoms with E-state index in [1.807, 2.05) is 12.1 Å². The fraction of sp³-hybridized carbons (Fsp3) is 0.370. The van der Waals surface area contributed by atoms with E-state index in [-0.39, 0.29) is 11.3 Å². The molecule has 6 rings (SSSR count). The van der Waals surface area contributed by atoms with Crippen LogP contribution in [0.4, 0.5) is 0 Å². The molecule has 5 atom stereocenters. The highest BCUT2D eigenvalue weighted by molar-refractivity contribution is 5.90. The van der Waals surface area contributed by atoms with Gasteiger partial charge in [-0.15, -0.1) is 0 Å². The van der Waals surface area contributed by atoms with E-state index in [0.717, 1.165) is 24.9 Å². The number of carbonyl (C=O) groups excluding carboxylic acids is 2. The summed E-state index contributed by atoms with van der Waals surface area (Å²) >= 11 is 0. The van der Waals surface area contributed by atoms with Crippen LogP contribution < -0.4 is 9.47 Å². The predicted molar refractivity (Wildman–Crippen MR) is 122 cm³/mol. The topological polar surface area (TPSA) is 88.9 Å². The van der Waals surface area contributed by atoms with Crippen molar-refractivity contribution in [3.05, 3.63) is 70.8 Å². The first kappa shape index (κ1) is 20.9. The normalized spacial score (nSPS) is 30.0. The highest BCUT2D eigenvalue weighted by Gasteiger charge is 2.65. The molecule has 2 aromatic carbocycles. The zero-order valence-corrected chi connectivity index (χ0v) is 19.0. The number of hydrogen-bond acceptors (Lipinski definition) is 7. The van der Waals surface area contributed by atoms with Crippen molar-refractivity contribution < 1.29 is 23.8 Å². The summed E-state index contributed by atoms with van der Waals surface area (Å²) in [5.41, 5.74) is 2.67. The Labute approximate surface area is 197 Å². The molecule has 4 aliphatic rings. The quantitative estimate of drug-likeness (QED) is 0.398. The molecule has 2 aliphatic carbocycles. The number of nitriles is 1. The molecule has 2 unspecified atom stereocenters. The van der Waals surface area contributed by atoms with Crippen LogP contribution in [0, 0.1) is 17.2 Å². The van der Waals surface area contributed by atoms with Crippen LogP contribution in [0.2, 0.25) is 0 Å². The molecular formula is C27H24N2O5. The number of piperidine rings is 1. The Balaban J connectivity index is 1.43. The fourth-order valence-corrected chi connectivity index (χ4v) is 6.45. The molecule has 2 bridgehead atoms. The van der Waals surface area contributed by atoms with E-state index < -0.39 is 24.1 Å². The first-order valence-corrected chi connectivity index (χ1v) is 11.5. The molecule has 0 N–H and O–H groups in total. The minimum absolute atomic E-state index is 0.203. The van der Waals surface area contributed by atoms with Crippen LogP contribution in [-0.2, 0) is 21.4 Å². The maximum absolute atomic E-state index is 13.0. The van der Waals surface area contributed by atoms with Crippen molar-refractivity contribution in [1.29, 1.82) is 5.26 Å². The fourth-order valence-electron chi connectivity index (χ4n) is 6.45. The van der Waals surface area contributed by atoms with Gasteiger partial charge in [0.25, 0.3) is 0 Å². The van der Waals surface area contributed by atoms with Gasteiger partial charge < -0.3 is 19.1 Å². The van der Waals surface area contributed by atoms with Gasteiger partial charge in [-0.2, -0.15) is 5.26 Å². The van der Waals surface area contributed by atoms with E-state index >= 15 is 0 Å². The molecule has 1 saturated heterocycles. The van der Waals surface area contributed by atoms with E-state index in [9.17, 15) is 14.9 Å². The molecule has 0 aromatic heterocycles. The van der Waals surface area contributed by atoms with E-state index in [1.165, 1.54) is 18.6 Å². The molecule has 0 amide bonds. The second-order valence-electron chi connectivity index (χ2n) is 9.57. The SMILES string of the molecule is CC(=O)Oc1ccc2c3c1OC1C(OC(=O)c4cccc(C#N)c4)C=C[C@H]4[C@@H](C2)N(C)CC[C@]314. The molecule has 2 heterocycles.